The number of likely N-dealkylation sites (tertiary alicyclic amines) is 1. The molecule has 4 rings (SSSR count). The minimum atomic E-state index is -1.14. The second-order valence-corrected chi connectivity index (χ2v) is 9.24. The maximum atomic E-state index is 12.7. The molecule has 2 N–H and O–H groups in total. The molecular formula is C26H30N2O5. The van der Waals surface area contributed by atoms with E-state index in [1.165, 1.54) is 16.0 Å². The molecule has 2 aromatic carbocycles. The van der Waals surface area contributed by atoms with Crippen molar-refractivity contribution in [1.29, 1.82) is 0 Å². The molecule has 7 heteroatoms. The first-order valence-corrected chi connectivity index (χ1v) is 11.4. The van der Waals surface area contributed by atoms with Gasteiger partial charge in [0.2, 0.25) is 5.91 Å². The first-order valence-electron chi connectivity index (χ1n) is 11.4. The fraction of sp³-hybridized carbons (Fsp3) is 0.423. The summed E-state index contributed by atoms with van der Waals surface area (Å²) in [5, 5.41) is 12.3. The number of alkyl carbamates (subject to hydrolysis) is 1. The zero-order valence-electron chi connectivity index (χ0n) is 19.0. The van der Waals surface area contributed by atoms with Crippen LogP contribution in [0.4, 0.5) is 4.79 Å². The van der Waals surface area contributed by atoms with Gasteiger partial charge in [-0.2, -0.15) is 0 Å². The lowest BCUT2D eigenvalue weighted by atomic mass is 9.98. The van der Waals surface area contributed by atoms with E-state index in [0.717, 1.165) is 11.1 Å². The first kappa shape index (κ1) is 22.8. The third-order valence-electron chi connectivity index (χ3n) is 6.86. The van der Waals surface area contributed by atoms with E-state index in [1.807, 2.05) is 31.2 Å². The quantitative estimate of drug-likeness (QED) is 0.664. The van der Waals surface area contributed by atoms with Gasteiger partial charge >= 0.3 is 12.1 Å². The maximum absolute atomic E-state index is 12.7. The van der Waals surface area contributed by atoms with Gasteiger partial charge in [-0.05, 0) is 47.9 Å². The largest absolute Gasteiger partial charge is 0.480 e. The van der Waals surface area contributed by atoms with Gasteiger partial charge in [-0.1, -0.05) is 55.5 Å². The van der Waals surface area contributed by atoms with E-state index in [4.69, 9.17) is 4.74 Å². The van der Waals surface area contributed by atoms with Gasteiger partial charge in [0, 0.05) is 25.4 Å². The molecule has 7 nitrogen and oxygen atoms in total. The second-order valence-electron chi connectivity index (χ2n) is 9.24. The minimum Gasteiger partial charge on any atom is -0.480 e. The summed E-state index contributed by atoms with van der Waals surface area (Å²) in [7, 11) is 0. The molecule has 0 bridgehead atoms. The molecular weight excluding hydrogens is 420 g/mol. The van der Waals surface area contributed by atoms with Crippen LogP contribution in [0.2, 0.25) is 0 Å². The summed E-state index contributed by atoms with van der Waals surface area (Å²) in [6, 6.07) is 16.3. The zero-order valence-corrected chi connectivity index (χ0v) is 19.0. The molecule has 2 aromatic rings. The molecule has 174 valence electrons. The van der Waals surface area contributed by atoms with Gasteiger partial charge in [-0.25, -0.2) is 9.59 Å². The van der Waals surface area contributed by atoms with Crippen LogP contribution in [-0.4, -0.2) is 53.2 Å². The molecule has 1 aliphatic heterocycles. The van der Waals surface area contributed by atoms with Crippen molar-refractivity contribution in [2.45, 2.75) is 44.6 Å². The number of hydrogen-bond donors (Lipinski definition) is 2. The van der Waals surface area contributed by atoms with E-state index >= 15 is 0 Å². The number of carbonyl (C=O) groups excluding carboxylic acids is 2. The Balaban J connectivity index is 1.28. The molecule has 0 aromatic heterocycles. The number of carboxylic acids is 1. The highest BCUT2D eigenvalue weighted by molar-refractivity contribution is 5.87. The smallest absolute Gasteiger partial charge is 0.407 e. The van der Waals surface area contributed by atoms with E-state index in [1.54, 1.807) is 6.92 Å². The van der Waals surface area contributed by atoms with Crippen LogP contribution in [0.1, 0.15) is 50.2 Å². The van der Waals surface area contributed by atoms with Crippen molar-refractivity contribution in [3.05, 3.63) is 59.7 Å². The molecule has 0 saturated carbocycles. The molecule has 1 unspecified atom stereocenters. The number of aliphatic carboxylic acids is 1. The number of benzene rings is 2. The Morgan fingerprint density at radius 2 is 1.73 bits per heavy atom. The van der Waals surface area contributed by atoms with Crippen molar-refractivity contribution >= 4 is 18.0 Å². The van der Waals surface area contributed by atoms with Crippen LogP contribution in [0.3, 0.4) is 0 Å². The molecule has 0 radical (unpaired) electrons. The van der Waals surface area contributed by atoms with Gasteiger partial charge in [0.05, 0.1) is 0 Å². The second kappa shape index (κ2) is 9.25. The Morgan fingerprint density at radius 3 is 2.33 bits per heavy atom. The van der Waals surface area contributed by atoms with Crippen LogP contribution in [0.15, 0.2) is 48.5 Å². The number of fused-ring (bicyclic) bond motifs is 3. The van der Waals surface area contributed by atoms with Crippen LogP contribution in [0.25, 0.3) is 11.1 Å². The van der Waals surface area contributed by atoms with Crippen LogP contribution in [-0.2, 0) is 14.3 Å². The molecule has 0 spiro atoms. The fourth-order valence-electron chi connectivity index (χ4n) is 4.97. The summed E-state index contributed by atoms with van der Waals surface area (Å²) < 4.78 is 5.54. The van der Waals surface area contributed by atoms with Crippen LogP contribution >= 0.6 is 0 Å². The highest BCUT2D eigenvalue weighted by Crippen LogP contribution is 2.44. The van der Waals surface area contributed by atoms with Crippen molar-refractivity contribution in [3.8, 4) is 11.1 Å². The summed E-state index contributed by atoms with van der Waals surface area (Å²) in [4.78, 5) is 38.1. The average Bonchev–Trinajstić information content (AvgIpc) is 3.35. The van der Waals surface area contributed by atoms with E-state index < -0.39 is 17.6 Å². The third-order valence-corrected chi connectivity index (χ3v) is 6.86. The van der Waals surface area contributed by atoms with E-state index in [0.29, 0.717) is 19.4 Å². The highest BCUT2D eigenvalue weighted by Gasteiger charge is 2.45. The number of carboxylic acid groups (broad SMARTS) is 1. The topological polar surface area (TPSA) is 95.9 Å². The molecule has 1 aliphatic carbocycles. The number of nitrogens with one attached hydrogen (secondary N) is 1. The molecule has 1 heterocycles. The van der Waals surface area contributed by atoms with Gasteiger partial charge in [0.25, 0.3) is 0 Å². The van der Waals surface area contributed by atoms with E-state index in [9.17, 15) is 19.5 Å². The SMILES string of the molecule is CC(CNC(=O)OCC1c2ccccc2-c2ccccc21)CC(=O)N1CCC[C@@]1(C)C(=O)O. The number of nitrogens with zero attached hydrogens (tertiary/aromatic N) is 1. The summed E-state index contributed by atoms with van der Waals surface area (Å²) in [6.45, 7) is 4.42. The van der Waals surface area contributed by atoms with E-state index in [-0.39, 0.29) is 37.3 Å². The Kier molecular flexibility index (Phi) is 6.40. The van der Waals surface area contributed by atoms with Crippen LogP contribution in [0.5, 0.6) is 0 Å². The van der Waals surface area contributed by atoms with Crippen molar-refractivity contribution in [3.63, 3.8) is 0 Å². The molecule has 1 saturated heterocycles. The number of carbonyl (C=O) groups is 3. The maximum Gasteiger partial charge on any atom is 0.407 e. The van der Waals surface area contributed by atoms with Crippen molar-refractivity contribution in [2.75, 3.05) is 19.7 Å². The lowest BCUT2D eigenvalue weighted by Crippen LogP contribution is -2.51. The first-order chi connectivity index (χ1) is 15.8. The van der Waals surface area contributed by atoms with Crippen molar-refractivity contribution in [2.24, 2.45) is 5.92 Å². The summed E-state index contributed by atoms with van der Waals surface area (Å²) in [6.07, 6.45) is 0.793. The normalized spacial score (nSPS) is 20.1. The monoisotopic (exact) mass is 450 g/mol. The Bertz CT molecular complexity index is 1020. The van der Waals surface area contributed by atoms with Crippen LogP contribution in [0, 0.1) is 5.92 Å². The van der Waals surface area contributed by atoms with E-state index in [2.05, 4.69) is 29.6 Å². The van der Waals surface area contributed by atoms with Crippen molar-refractivity contribution < 1.29 is 24.2 Å². The lowest BCUT2D eigenvalue weighted by molar-refractivity contribution is -0.155. The van der Waals surface area contributed by atoms with Gasteiger partial charge in [0.15, 0.2) is 0 Å². The molecule has 2 aliphatic rings. The molecule has 1 fully saturated rings. The third kappa shape index (κ3) is 4.45. The standard InChI is InChI=1S/C26H30N2O5/c1-17(14-23(29)28-13-7-12-26(28,2)24(30)31)15-27-25(32)33-16-22-20-10-5-3-8-18(20)19-9-4-6-11-21(19)22/h3-6,8-11,17,22H,7,12-16H2,1-2H3,(H,27,32)(H,30,31)/t17?,26-/m0/s1. The number of amides is 2. The van der Waals surface area contributed by atoms with Crippen LogP contribution < -0.4 is 5.32 Å². The number of ether oxygens (including phenoxy) is 1. The Labute approximate surface area is 193 Å². The summed E-state index contributed by atoms with van der Waals surface area (Å²) >= 11 is 0. The van der Waals surface area contributed by atoms with Gasteiger partial charge in [0.1, 0.15) is 12.1 Å². The zero-order chi connectivity index (χ0) is 23.6. The summed E-state index contributed by atoms with van der Waals surface area (Å²) in [5.74, 6) is -1.32. The molecule has 2 atom stereocenters. The highest BCUT2D eigenvalue weighted by atomic mass is 16.5. The molecule has 33 heavy (non-hydrogen) atoms. The van der Waals surface area contributed by atoms with Gasteiger partial charge in [-0.15, -0.1) is 0 Å². The lowest BCUT2D eigenvalue weighted by Gasteiger charge is -2.32. The molecule has 2 amide bonds. The van der Waals surface area contributed by atoms with Crippen molar-refractivity contribution in [1.82, 2.24) is 10.2 Å². The predicted octanol–water partition coefficient (Wildman–Crippen LogP) is 4.02. The number of rotatable bonds is 7. The summed E-state index contributed by atoms with van der Waals surface area (Å²) in [5.41, 5.74) is 3.50. The fourth-order valence-corrected chi connectivity index (χ4v) is 4.97. The van der Waals surface area contributed by atoms with Gasteiger partial charge < -0.3 is 20.1 Å². The Morgan fingerprint density at radius 1 is 1.12 bits per heavy atom. The van der Waals surface area contributed by atoms with Gasteiger partial charge in [-0.3, -0.25) is 4.79 Å². The number of hydrogen-bond acceptors (Lipinski definition) is 4. The minimum absolute atomic E-state index is 0.00832. The average molecular weight is 451 g/mol. The Hall–Kier alpha value is -3.35. The predicted molar refractivity (Wildman–Crippen MR) is 124 cm³/mol.